The smallest absolute Gasteiger partial charge is 0.287 e. The Morgan fingerprint density at radius 2 is 1.84 bits per heavy atom. The molecular weight excluding hydrogens is 646 g/mol. The lowest BCUT2D eigenvalue weighted by Crippen LogP contribution is -2.63. The Kier molecular flexibility index (Phi) is 9.98. The molecule has 2 saturated heterocycles. The molecule has 4 amide bonds. The van der Waals surface area contributed by atoms with E-state index in [1.807, 2.05) is 0 Å². The van der Waals surface area contributed by atoms with Gasteiger partial charge < -0.3 is 30.2 Å². The van der Waals surface area contributed by atoms with Gasteiger partial charge in [0.1, 0.15) is 28.5 Å². The molecule has 266 valence electrons. The second-order valence-electron chi connectivity index (χ2n) is 14.1. The van der Waals surface area contributed by atoms with Gasteiger partial charge in [0.05, 0.1) is 24.2 Å². The van der Waals surface area contributed by atoms with E-state index in [0.717, 1.165) is 32.1 Å². The number of primary amides is 1. The van der Waals surface area contributed by atoms with Crippen molar-refractivity contribution in [3.05, 3.63) is 48.0 Å². The molecule has 3 aromatic rings. The highest BCUT2D eigenvalue weighted by Crippen LogP contribution is 2.34. The molecule has 1 aliphatic carbocycles. The number of rotatable bonds is 10. The lowest BCUT2D eigenvalue weighted by atomic mass is 9.84. The van der Waals surface area contributed by atoms with E-state index in [0.29, 0.717) is 16.7 Å². The fraction of sp³-hybridized carbons (Fsp3) is 0.543. The molecule has 50 heavy (non-hydrogen) atoms. The van der Waals surface area contributed by atoms with Gasteiger partial charge in [0.15, 0.2) is 0 Å². The van der Waals surface area contributed by atoms with E-state index < -0.39 is 52.6 Å². The van der Waals surface area contributed by atoms with Crippen molar-refractivity contribution in [3.8, 4) is 0 Å². The van der Waals surface area contributed by atoms with Crippen LogP contribution in [0.4, 0.5) is 0 Å². The molecule has 2 aliphatic heterocycles. The van der Waals surface area contributed by atoms with Gasteiger partial charge in [0.2, 0.25) is 11.7 Å². The molecule has 0 radical (unpaired) electrons. The minimum atomic E-state index is -1.60. The zero-order valence-corrected chi connectivity index (χ0v) is 28.3. The predicted octanol–water partition coefficient (Wildman–Crippen LogP) is 2.37. The Morgan fingerprint density at radius 3 is 2.54 bits per heavy atom. The van der Waals surface area contributed by atoms with E-state index in [4.69, 9.17) is 14.9 Å². The number of nitrogens with two attached hydrogens (primary N) is 1. The number of carbonyl (C=O) groups is 5. The van der Waals surface area contributed by atoms with Crippen LogP contribution in [0.15, 0.2) is 46.1 Å². The van der Waals surface area contributed by atoms with Crippen LogP contribution in [0.5, 0.6) is 0 Å². The van der Waals surface area contributed by atoms with E-state index in [1.54, 1.807) is 38.1 Å². The van der Waals surface area contributed by atoms with Gasteiger partial charge in [0, 0.05) is 50.0 Å². The number of likely N-dealkylation sites (tertiary alicyclic amines) is 1. The zero-order chi connectivity index (χ0) is 35.6. The largest absolute Gasteiger partial charge is 0.464 e. The minimum absolute atomic E-state index is 0.0257. The average molecular weight is 690 g/mol. The molecule has 6 rings (SSSR count). The fourth-order valence-electron chi connectivity index (χ4n) is 7.40. The van der Waals surface area contributed by atoms with Crippen LogP contribution in [0, 0.1) is 5.92 Å². The van der Waals surface area contributed by atoms with Gasteiger partial charge in [-0.1, -0.05) is 37.3 Å². The first kappa shape index (κ1) is 35.1. The van der Waals surface area contributed by atoms with Crippen LogP contribution in [-0.4, -0.2) is 91.5 Å². The quantitative estimate of drug-likeness (QED) is 0.209. The van der Waals surface area contributed by atoms with Crippen molar-refractivity contribution in [1.29, 1.82) is 0 Å². The Hall–Kier alpha value is -4.76. The second kappa shape index (κ2) is 14.2. The van der Waals surface area contributed by atoms with Crippen LogP contribution < -0.4 is 11.1 Å². The summed E-state index contributed by atoms with van der Waals surface area (Å²) in [5.74, 6) is -3.87. The van der Waals surface area contributed by atoms with Crippen LogP contribution in [0.3, 0.4) is 0 Å². The van der Waals surface area contributed by atoms with Crippen molar-refractivity contribution in [2.75, 3.05) is 19.8 Å². The average Bonchev–Trinajstić information content (AvgIpc) is 3.87. The van der Waals surface area contributed by atoms with Gasteiger partial charge in [-0.05, 0) is 50.5 Å². The summed E-state index contributed by atoms with van der Waals surface area (Å²) in [5.41, 5.74) is 3.77. The third-order valence-corrected chi connectivity index (χ3v) is 10.1. The van der Waals surface area contributed by atoms with Crippen molar-refractivity contribution in [2.45, 2.75) is 94.9 Å². The van der Waals surface area contributed by atoms with Crippen molar-refractivity contribution in [1.82, 2.24) is 25.2 Å². The molecule has 15 nitrogen and oxygen atoms in total. The molecule has 3 aliphatic rings. The Balaban J connectivity index is 1.36. The van der Waals surface area contributed by atoms with E-state index in [2.05, 4.69) is 20.6 Å². The Morgan fingerprint density at radius 1 is 1.10 bits per heavy atom. The topological polar surface area (TPSA) is 212 Å². The third kappa shape index (κ3) is 7.24. The number of ether oxygens (including phenoxy) is 1. The number of hydrogen-bond acceptors (Lipinski definition) is 10. The SMILES string of the molecule is CC(C)(O)c1cnnn1[C@H]1C[C@@H](C(=O)NC2(C(=O)C(N)=O)CCOCC2)N(C(=O)/C(CC2CCCCC2)=N/C(=O)c2ccc3occc3c2)C1. The van der Waals surface area contributed by atoms with Gasteiger partial charge in [0.25, 0.3) is 17.7 Å². The molecular formula is C35H43N7O8. The number of nitrogens with zero attached hydrogens (tertiary/aromatic N) is 5. The van der Waals surface area contributed by atoms with Crippen LogP contribution in [-0.2, 0) is 29.5 Å². The van der Waals surface area contributed by atoms with E-state index in [-0.39, 0.29) is 62.6 Å². The van der Waals surface area contributed by atoms with E-state index in [1.165, 1.54) is 22.0 Å². The number of aromatic nitrogens is 3. The minimum Gasteiger partial charge on any atom is -0.464 e. The summed E-state index contributed by atoms with van der Waals surface area (Å²) in [6, 6.07) is 4.89. The van der Waals surface area contributed by atoms with Gasteiger partial charge >= 0.3 is 0 Å². The summed E-state index contributed by atoms with van der Waals surface area (Å²) >= 11 is 0. The van der Waals surface area contributed by atoms with Crippen molar-refractivity contribution < 1.29 is 38.2 Å². The number of fused-ring (bicyclic) bond motifs is 1. The number of ketones is 1. The molecule has 3 fully saturated rings. The number of nitrogens with one attached hydrogen (secondary N) is 1. The monoisotopic (exact) mass is 689 g/mol. The van der Waals surface area contributed by atoms with Gasteiger partial charge in [-0.25, -0.2) is 9.67 Å². The normalized spacial score (nSPS) is 21.7. The van der Waals surface area contributed by atoms with Gasteiger partial charge in [-0.3, -0.25) is 24.0 Å². The van der Waals surface area contributed by atoms with Crippen molar-refractivity contribution in [3.63, 3.8) is 0 Å². The van der Waals surface area contributed by atoms with Gasteiger partial charge in [-0.15, -0.1) is 5.10 Å². The zero-order valence-electron chi connectivity index (χ0n) is 28.3. The molecule has 15 heteroatoms. The van der Waals surface area contributed by atoms with Crippen molar-refractivity contribution in [2.24, 2.45) is 16.6 Å². The number of aliphatic imine (C=N–C) groups is 1. The highest BCUT2D eigenvalue weighted by atomic mass is 16.5. The van der Waals surface area contributed by atoms with Crippen molar-refractivity contribution >= 4 is 46.1 Å². The molecule has 1 aromatic carbocycles. The lowest BCUT2D eigenvalue weighted by molar-refractivity contribution is -0.146. The summed E-state index contributed by atoms with van der Waals surface area (Å²) < 4.78 is 12.3. The summed E-state index contributed by atoms with van der Waals surface area (Å²) in [6.07, 6.45) is 8.14. The maximum Gasteiger partial charge on any atom is 0.287 e. The van der Waals surface area contributed by atoms with Crippen LogP contribution in [0.2, 0.25) is 0 Å². The third-order valence-electron chi connectivity index (χ3n) is 10.1. The molecule has 1 saturated carbocycles. The maximum absolute atomic E-state index is 14.7. The van der Waals surface area contributed by atoms with Crippen LogP contribution in [0.1, 0.15) is 93.7 Å². The predicted molar refractivity (Wildman–Crippen MR) is 179 cm³/mol. The first-order valence-corrected chi connectivity index (χ1v) is 17.1. The second-order valence-corrected chi connectivity index (χ2v) is 14.1. The molecule has 0 unspecified atom stereocenters. The highest BCUT2D eigenvalue weighted by Gasteiger charge is 2.49. The lowest BCUT2D eigenvalue weighted by Gasteiger charge is -2.37. The molecule has 2 aromatic heterocycles. The molecule has 4 heterocycles. The first-order valence-electron chi connectivity index (χ1n) is 17.1. The Labute approximate surface area is 288 Å². The van der Waals surface area contributed by atoms with Crippen LogP contribution >= 0.6 is 0 Å². The Bertz CT molecular complexity index is 1810. The number of amides is 4. The number of benzene rings is 1. The summed E-state index contributed by atoms with van der Waals surface area (Å²) in [4.78, 5) is 73.5. The number of hydrogen-bond donors (Lipinski definition) is 3. The number of carbonyl (C=O) groups excluding carboxylic acids is 5. The standard InChI is InChI=1S/C35H43N7O8/c1-34(2,48)28-19-37-40-42(28)24-18-26(32(46)39-35(29(43)30(36)44)11-14-49-15-12-35)41(20-24)33(47)25(16-21-6-4-3-5-7-21)38-31(45)23-8-9-27-22(17-23)10-13-50-27/h8-10,13,17,19,21,24,26,48H,3-7,11-12,14-16,18,20H2,1-2H3,(H2,36,44)(H,39,46)/b38-25+/t24-,26-/m0/s1. The summed E-state index contributed by atoms with van der Waals surface area (Å²) in [6.45, 7) is 3.37. The number of furan rings is 1. The molecule has 4 N–H and O–H groups in total. The van der Waals surface area contributed by atoms with E-state index >= 15 is 0 Å². The van der Waals surface area contributed by atoms with Gasteiger partial charge in [-0.2, -0.15) is 0 Å². The number of Topliss-reactive ketones (excluding diaryl/α,β-unsaturated/α-hetero) is 1. The maximum atomic E-state index is 14.7. The molecule has 0 bridgehead atoms. The van der Waals surface area contributed by atoms with E-state index in [9.17, 15) is 29.1 Å². The number of aliphatic hydroxyl groups is 1. The highest BCUT2D eigenvalue weighted by molar-refractivity contribution is 6.41. The summed E-state index contributed by atoms with van der Waals surface area (Å²) in [7, 11) is 0. The molecule has 2 atom stereocenters. The first-order chi connectivity index (χ1) is 23.9. The molecule has 0 spiro atoms. The summed E-state index contributed by atoms with van der Waals surface area (Å²) in [5, 5.41) is 22.5. The van der Waals surface area contributed by atoms with Crippen LogP contribution in [0.25, 0.3) is 11.0 Å². The fourth-order valence-corrected chi connectivity index (χ4v) is 7.40.